The summed E-state index contributed by atoms with van der Waals surface area (Å²) in [4.78, 5) is 24.9. The van der Waals surface area contributed by atoms with Gasteiger partial charge in [-0.1, -0.05) is 39.0 Å². The van der Waals surface area contributed by atoms with Gasteiger partial charge in [-0.2, -0.15) is 0 Å². The molecule has 2 fully saturated rings. The monoisotopic (exact) mass is 466 g/mol. The largest absolute Gasteiger partial charge is 0.459 e. The van der Waals surface area contributed by atoms with Crippen LogP contribution in [-0.2, 0) is 4.74 Å². The van der Waals surface area contributed by atoms with Gasteiger partial charge in [0.2, 0.25) is 0 Å². The Hall–Kier alpha value is -2.69. The van der Waals surface area contributed by atoms with Crippen molar-refractivity contribution in [1.29, 1.82) is 0 Å². The highest BCUT2D eigenvalue weighted by molar-refractivity contribution is 5.92. The molecule has 0 amide bonds. The molecular formula is C29H35FO4. The lowest BCUT2D eigenvalue weighted by molar-refractivity contribution is -0.00628. The van der Waals surface area contributed by atoms with Crippen LogP contribution in [0.2, 0.25) is 0 Å². The van der Waals surface area contributed by atoms with Crippen molar-refractivity contribution in [3.8, 4) is 5.75 Å². The second kappa shape index (κ2) is 11.6. The molecule has 2 aromatic rings. The predicted octanol–water partition coefficient (Wildman–Crippen LogP) is 7.37. The van der Waals surface area contributed by atoms with Gasteiger partial charge in [0, 0.05) is 0 Å². The number of esters is 2. The highest BCUT2D eigenvalue weighted by Crippen LogP contribution is 2.44. The van der Waals surface area contributed by atoms with Crippen molar-refractivity contribution in [3.05, 3.63) is 65.5 Å². The lowest BCUT2D eigenvalue weighted by Gasteiger charge is -2.42. The van der Waals surface area contributed by atoms with E-state index in [-0.39, 0.29) is 17.6 Å². The Kier molecular flexibility index (Phi) is 8.36. The summed E-state index contributed by atoms with van der Waals surface area (Å²) in [6.45, 7) is 2.26. The minimum Gasteiger partial charge on any atom is -0.459 e. The minimum atomic E-state index is -0.577. The van der Waals surface area contributed by atoms with Crippen molar-refractivity contribution < 1.29 is 23.5 Å². The van der Waals surface area contributed by atoms with Gasteiger partial charge in [-0.3, -0.25) is 0 Å². The molecule has 34 heavy (non-hydrogen) atoms. The first-order chi connectivity index (χ1) is 16.5. The molecule has 0 heterocycles. The Bertz CT molecular complexity index is 953. The van der Waals surface area contributed by atoms with Gasteiger partial charge in [-0.05, 0) is 98.4 Å². The molecule has 5 heteroatoms. The molecule has 0 saturated heterocycles. The van der Waals surface area contributed by atoms with Crippen LogP contribution in [0, 0.1) is 23.6 Å². The Balaban J connectivity index is 1.24. The number of carbonyl (C=O) groups is 2. The van der Waals surface area contributed by atoms with Gasteiger partial charge >= 0.3 is 11.9 Å². The van der Waals surface area contributed by atoms with Crippen LogP contribution in [0.25, 0.3) is 0 Å². The fraction of sp³-hybridized carbons (Fsp3) is 0.517. The second-order valence-electron chi connectivity index (χ2n) is 9.96. The van der Waals surface area contributed by atoms with E-state index in [2.05, 4.69) is 6.92 Å². The number of hydrogen-bond acceptors (Lipinski definition) is 4. The average Bonchev–Trinajstić information content (AvgIpc) is 2.85. The topological polar surface area (TPSA) is 52.6 Å². The molecule has 0 unspecified atom stereocenters. The highest BCUT2D eigenvalue weighted by atomic mass is 19.1. The van der Waals surface area contributed by atoms with Gasteiger partial charge in [-0.15, -0.1) is 0 Å². The highest BCUT2D eigenvalue weighted by Gasteiger charge is 2.36. The maximum absolute atomic E-state index is 13.0. The molecule has 0 aliphatic heterocycles. The summed E-state index contributed by atoms with van der Waals surface area (Å²) < 4.78 is 24.2. The van der Waals surface area contributed by atoms with E-state index in [4.69, 9.17) is 9.47 Å². The molecule has 4 nitrogen and oxygen atoms in total. The first-order valence-electron chi connectivity index (χ1n) is 12.8. The standard InChI is InChI=1S/C29H35FO4/c1-2-3-4-5-20-6-7-24-19-27(17-12-23(24)18-20)34-29(32)22-10-15-26(16-11-22)33-28(31)21-8-13-25(30)14-9-21/h8-11,13-16,20,23-24,27H,2-7,12,17-19H2,1H3/t20-,23+,24+,27+/m0/s1. The fourth-order valence-electron chi connectivity index (χ4n) is 5.63. The molecule has 0 spiro atoms. The molecule has 0 bridgehead atoms. The fourth-order valence-corrected chi connectivity index (χ4v) is 5.63. The number of ether oxygens (including phenoxy) is 2. The quantitative estimate of drug-likeness (QED) is 0.232. The summed E-state index contributed by atoms with van der Waals surface area (Å²) in [5.41, 5.74) is 0.707. The molecule has 2 aliphatic carbocycles. The third-order valence-corrected chi connectivity index (χ3v) is 7.54. The number of halogens is 1. The van der Waals surface area contributed by atoms with Crippen LogP contribution in [0.1, 0.15) is 91.8 Å². The maximum Gasteiger partial charge on any atom is 0.343 e. The summed E-state index contributed by atoms with van der Waals surface area (Å²) in [6.07, 6.45) is 12.4. The van der Waals surface area contributed by atoms with E-state index < -0.39 is 11.8 Å². The average molecular weight is 467 g/mol. The van der Waals surface area contributed by atoms with Crippen molar-refractivity contribution in [2.75, 3.05) is 0 Å². The van der Waals surface area contributed by atoms with Crippen LogP contribution < -0.4 is 4.74 Å². The summed E-state index contributed by atoms with van der Waals surface area (Å²) >= 11 is 0. The Morgan fingerprint density at radius 1 is 0.824 bits per heavy atom. The number of benzene rings is 2. The van der Waals surface area contributed by atoms with E-state index in [0.29, 0.717) is 17.2 Å². The maximum atomic E-state index is 13.0. The Morgan fingerprint density at radius 3 is 2.21 bits per heavy atom. The van der Waals surface area contributed by atoms with Crippen LogP contribution in [0.4, 0.5) is 4.39 Å². The van der Waals surface area contributed by atoms with Gasteiger partial charge in [0.1, 0.15) is 17.7 Å². The van der Waals surface area contributed by atoms with Crippen LogP contribution in [0.5, 0.6) is 5.75 Å². The van der Waals surface area contributed by atoms with Gasteiger partial charge in [0.25, 0.3) is 0 Å². The Morgan fingerprint density at radius 2 is 1.47 bits per heavy atom. The zero-order valence-corrected chi connectivity index (χ0v) is 20.0. The van der Waals surface area contributed by atoms with Crippen molar-refractivity contribution in [2.45, 2.75) is 77.2 Å². The molecule has 0 radical (unpaired) electrons. The van der Waals surface area contributed by atoms with Crippen LogP contribution in [0.15, 0.2) is 48.5 Å². The normalized spacial score (nSPS) is 24.2. The smallest absolute Gasteiger partial charge is 0.343 e. The second-order valence-corrected chi connectivity index (χ2v) is 9.96. The van der Waals surface area contributed by atoms with E-state index in [1.165, 1.54) is 69.2 Å². The number of rotatable bonds is 8. The first-order valence-corrected chi connectivity index (χ1v) is 12.8. The number of hydrogen-bond donors (Lipinski definition) is 0. The van der Waals surface area contributed by atoms with Crippen LogP contribution >= 0.6 is 0 Å². The lowest BCUT2D eigenvalue weighted by Crippen LogP contribution is -2.35. The summed E-state index contributed by atoms with van der Waals surface area (Å²) in [5.74, 6) is 1.38. The number of carbonyl (C=O) groups excluding carboxylic acids is 2. The van der Waals surface area contributed by atoms with Gasteiger partial charge in [0.15, 0.2) is 0 Å². The van der Waals surface area contributed by atoms with Crippen molar-refractivity contribution in [3.63, 3.8) is 0 Å². The minimum absolute atomic E-state index is 0.0126. The molecule has 4 rings (SSSR count). The lowest BCUT2D eigenvalue weighted by atomic mass is 9.66. The van der Waals surface area contributed by atoms with E-state index in [1.807, 2.05) is 0 Å². The van der Waals surface area contributed by atoms with E-state index in [9.17, 15) is 14.0 Å². The van der Waals surface area contributed by atoms with Crippen molar-refractivity contribution >= 4 is 11.9 Å². The zero-order valence-electron chi connectivity index (χ0n) is 20.0. The van der Waals surface area contributed by atoms with Gasteiger partial charge in [-0.25, -0.2) is 14.0 Å². The van der Waals surface area contributed by atoms with Crippen molar-refractivity contribution in [1.82, 2.24) is 0 Å². The summed E-state index contributed by atoms with van der Waals surface area (Å²) in [6, 6.07) is 11.5. The molecular weight excluding hydrogens is 431 g/mol. The van der Waals surface area contributed by atoms with E-state index in [1.54, 1.807) is 24.3 Å². The first kappa shape index (κ1) is 24.4. The van der Waals surface area contributed by atoms with Crippen molar-refractivity contribution in [2.24, 2.45) is 17.8 Å². The molecule has 2 saturated carbocycles. The zero-order chi connectivity index (χ0) is 23.9. The van der Waals surface area contributed by atoms with Crippen LogP contribution in [-0.4, -0.2) is 18.0 Å². The van der Waals surface area contributed by atoms with Gasteiger partial charge in [0.05, 0.1) is 11.1 Å². The number of fused-ring (bicyclic) bond motifs is 1. The van der Waals surface area contributed by atoms with E-state index >= 15 is 0 Å². The SMILES string of the molecule is CCCCC[C@H]1CC[C@@H]2C[C@H](OC(=O)c3ccc(OC(=O)c4ccc(F)cc4)cc3)CC[C@@H]2C1. The third kappa shape index (κ3) is 6.46. The molecule has 182 valence electrons. The predicted molar refractivity (Wildman–Crippen MR) is 129 cm³/mol. The molecule has 2 aliphatic rings. The summed E-state index contributed by atoms with van der Waals surface area (Å²) in [5, 5.41) is 0. The van der Waals surface area contributed by atoms with E-state index in [0.717, 1.165) is 31.1 Å². The van der Waals surface area contributed by atoms with Gasteiger partial charge < -0.3 is 9.47 Å². The third-order valence-electron chi connectivity index (χ3n) is 7.54. The summed E-state index contributed by atoms with van der Waals surface area (Å²) in [7, 11) is 0. The van der Waals surface area contributed by atoms with Crippen LogP contribution in [0.3, 0.4) is 0 Å². The number of unbranched alkanes of at least 4 members (excludes halogenated alkanes) is 2. The molecule has 4 atom stereocenters. The molecule has 0 aromatic heterocycles. The Labute approximate surface area is 201 Å². The molecule has 0 N–H and O–H groups in total. The molecule has 2 aromatic carbocycles.